The highest BCUT2D eigenvalue weighted by Crippen LogP contribution is 2.38. The first-order valence-corrected chi connectivity index (χ1v) is 5.91. The number of rotatable bonds is 3. The number of carbonyl (C=O) groups is 1. The second kappa shape index (κ2) is 4.69. The summed E-state index contributed by atoms with van der Waals surface area (Å²) < 4.78 is 11.1. The molecule has 0 bridgehead atoms. The van der Waals surface area contributed by atoms with Crippen molar-refractivity contribution in [1.82, 2.24) is 5.32 Å². The number of nitrogens with one attached hydrogen (secondary N) is 1. The predicted octanol–water partition coefficient (Wildman–Crippen LogP) is 0.592. The Morgan fingerprint density at radius 1 is 1.50 bits per heavy atom. The fourth-order valence-corrected chi connectivity index (χ4v) is 2.68. The van der Waals surface area contributed by atoms with Gasteiger partial charge in [0.1, 0.15) is 0 Å². The van der Waals surface area contributed by atoms with Gasteiger partial charge in [0, 0.05) is 18.9 Å². The van der Waals surface area contributed by atoms with Gasteiger partial charge in [-0.2, -0.15) is 0 Å². The molecule has 5 nitrogen and oxygen atoms in total. The summed E-state index contributed by atoms with van der Waals surface area (Å²) in [6.07, 6.45) is 2.04. The maximum Gasteiger partial charge on any atom is 0.308 e. The summed E-state index contributed by atoms with van der Waals surface area (Å²) in [6.45, 7) is 3.95. The maximum atomic E-state index is 11.2. The van der Waals surface area contributed by atoms with Crippen LogP contribution in [0.15, 0.2) is 0 Å². The fraction of sp³-hybridized carbons (Fsp3) is 0.909. The first-order valence-electron chi connectivity index (χ1n) is 5.91. The monoisotopic (exact) mass is 229 g/mol. The molecule has 0 aromatic carbocycles. The minimum absolute atomic E-state index is 0.0425. The Morgan fingerprint density at radius 3 is 2.75 bits per heavy atom. The molecule has 1 aliphatic carbocycles. The largest absolute Gasteiger partial charge is 0.481 e. The van der Waals surface area contributed by atoms with E-state index in [1.807, 2.05) is 6.92 Å². The van der Waals surface area contributed by atoms with Gasteiger partial charge in [0.25, 0.3) is 0 Å². The summed E-state index contributed by atoms with van der Waals surface area (Å²) in [7, 11) is 0. The third-order valence-corrected chi connectivity index (χ3v) is 3.45. The molecular weight excluding hydrogens is 210 g/mol. The summed E-state index contributed by atoms with van der Waals surface area (Å²) >= 11 is 0. The highest BCUT2D eigenvalue weighted by molar-refractivity contribution is 5.71. The molecule has 2 fully saturated rings. The normalized spacial score (nSPS) is 33.1. The number of hydrogen-bond acceptors (Lipinski definition) is 4. The van der Waals surface area contributed by atoms with E-state index >= 15 is 0 Å². The van der Waals surface area contributed by atoms with Crippen molar-refractivity contribution in [3.05, 3.63) is 0 Å². The number of carboxylic acid groups (broad SMARTS) is 1. The number of hydrogen-bond donors (Lipinski definition) is 2. The Balaban J connectivity index is 2.05. The number of aliphatic carboxylic acids is 1. The van der Waals surface area contributed by atoms with E-state index in [1.54, 1.807) is 0 Å². The Labute approximate surface area is 95.1 Å². The molecule has 5 heteroatoms. The Bertz CT molecular complexity index is 263. The van der Waals surface area contributed by atoms with Crippen LogP contribution in [-0.2, 0) is 14.3 Å². The summed E-state index contributed by atoms with van der Waals surface area (Å²) in [5.74, 6) is -1.79. The van der Waals surface area contributed by atoms with Crippen LogP contribution < -0.4 is 5.32 Å². The van der Waals surface area contributed by atoms with Crippen LogP contribution in [0.3, 0.4) is 0 Å². The van der Waals surface area contributed by atoms with E-state index < -0.39 is 17.7 Å². The summed E-state index contributed by atoms with van der Waals surface area (Å²) in [6, 6.07) is 0.0425. The Morgan fingerprint density at radius 2 is 2.19 bits per heavy atom. The first-order chi connectivity index (χ1) is 7.67. The zero-order valence-electron chi connectivity index (χ0n) is 9.57. The van der Waals surface area contributed by atoms with Crippen molar-refractivity contribution in [2.24, 2.45) is 5.92 Å². The van der Waals surface area contributed by atoms with Crippen LogP contribution in [0.4, 0.5) is 0 Å². The maximum absolute atomic E-state index is 11.2. The lowest BCUT2D eigenvalue weighted by Crippen LogP contribution is -2.50. The average Bonchev–Trinajstić information content (AvgIpc) is 2.70. The van der Waals surface area contributed by atoms with Crippen molar-refractivity contribution in [3.8, 4) is 0 Å². The van der Waals surface area contributed by atoms with E-state index in [4.69, 9.17) is 9.47 Å². The molecule has 1 aliphatic heterocycles. The minimum atomic E-state index is -0.760. The summed E-state index contributed by atoms with van der Waals surface area (Å²) in [5, 5.41) is 12.5. The third-order valence-electron chi connectivity index (χ3n) is 3.45. The van der Waals surface area contributed by atoms with E-state index in [9.17, 15) is 9.90 Å². The van der Waals surface area contributed by atoms with Crippen molar-refractivity contribution < 1.29 is 19.4 Å². The van der Waals surface area contributed by atoms with Gasteiger partial charge < -0.3 is 19.9 Å². The molecule has 1 saturated carbocycles. The van der Waals surface area contributed by atoms with Crippen LogP contribution in [0, 0.1) is 5.92 Å². The van der Waals surface area contributed by atoms with E-state index in [0.717, 1.165) is 19.4 Å². The third kappa shape index (κ3) is 2.21. The van der Waals surface area contributed by atoms with Gasteiger partial charge >= 0.3 is 5.97 Å². The lowest BCUT2D eigenvalue weighted by molar-refractivity contribution is -0.197. The van der Waals surface area contributed by atoms with E-state index in [1.165, 1.54) is 0 Å². The first kappa shape index (κ1) is 11.8. The predicted molar refractivity (Wildman–Crippen MR) is 57.1 cm³/mol. The highest BCUT2D eigenvalue weighted by Gasteiger charge is 2.47. The van der Waals surface area contributed by atoms with Crippen molar-refractivity contribution >= 4 is 5.97 Å². The fourth-order valence-electron chi connectivity index (χ4n) is 2.68. The van der Waals surface area contributed by atoms with Gasteiger partial charge in [0.15, 0.2) is 5.79 Å². The van der Waals surface area contributed by atoms with Crippen LogP contribution >= 0.6 is 0 Å². The summed E-state index contributed by atoms with van der Waals surface area (Å²) in [5.41, 5.74) is 0. The molecular formula is C11H19NO4. The van der Waals surface area contributed by atoms with Crippen molar-refractivity contribution in [1.29, 1.82) is 0 Å². The number of ether oxygens (including phenoxy) is 2. The lowest BCUT2D eigenvalue weighted by Gasteiger charge is -2.39. The Kier molecular flexibility index (Phi) is 3.47. The molecule has 92 valence electrons. The van der Waals surface area contributed by atoms with Gasteiger partial charge in [-0.1, -0.05) is 6.92 Å². The Hall–Kier alpha value is -0.650. The smallest absolute Gasteiger partial charge is 0.308 e. The van der Waals surface area contributed by atoms with Gasteiger partial charge in [0.2, 0.25) is 0 Å². The van der Waals surface area contributed by atoms with Gasteiger partial charge in [-0.05, 0) is 13.0 Å². The number of carboxylic acids is 1. The standard InChI is InChI=1S/C11H19NO4/c1-2-12-9-3-4-11(15-5-6-16-11)7-8(9)10(13)14/h8-9,12H,2-7H2,1H3,(H,13,14)/t8-,9+/m1/s1. The molecule has 2 N–H and O–H groups in total. The second-order valence-corrected chi connectivity index (χ2v) is 4.46. The molecule has 2 atom stereocenters. The second-order valence-electron chi connectivity index (χ2n) is 4.46. The topological polar surface area (TPSA) is 67.8 Å². The molecule has 1 saturated heterocycles. The van der Waals surface area contributed by atoms with Gasteiger partial charge in [0.05, 0.1) is 19.1 Å². The van der Waals surface area contributed by atoms with Gasteiger partial charge in [-0.25, -0.2) is 0 Å². The van der Waals surface area contributed by atoms with E-state index in [0.29, 0.717) is 19.6 Å². The highest BCUT2D eigenvalue weighted by atomic mass is 16.7. The van der Waals surface area contributed by atoms with Crippen molar-refractivity contribution in [2.75, 3.05) is 19.8 Å². The van der Waals surface area contributed by atoms with Crippen molar-refractivity contribution in [2.45, 2.75) is 38.0 Å². The minimum Gasteiger partial charge on any atom is -0.481 e. The molecule has 2 rings (SSSR count). The summed E-state index contributed by atoms with van der Waals surface area (Å²) in [4.78, 5) is 11.2. The SMILES string of the molecule is CCN[C@H]1CCC2(C[C@H]1C(=O)O)OCCO2. The van der Waals surface area contributed by atoms with Crippen LogP contribution in [0.5, 0.6) is 0 Å². The molecule has 0 aromatic rings. The molecule has 0 aromatic heterocycles. The van der Waals surface area contributed by atoms with Crippen LogP contribution in [0.25, 0.3) is 0 Å². The van der Waals surface area contributed by atoms with Crippen LogP contribution in [0.2, 0.25) is 0 Å². The van der Waals surface area contributed by atoms with Gasteiger partial charge in [-0.3, -0.25) is 4.79 Å². The van der Waals surface area contributed by atoms with E-state index in [-0.39, 0.29) is 6.04 Å². The lowest BCUT2D eigenvalue weighted by atomic mass is 9.80. The van der Waals surface area contributed by atoms with Gasteiger partial charge in [-0.15, -0.1) is 0 Å². The zero-order valence-corrected chi connectivity index (χ0v) is 9.57. The molecule has 16 heavy (non-hydrogen) atoms. The van der Waals surface area contributed by atoms with Crippen molar-refractivity contribution in [3.63, 3.8) is 0 Å². The molecule has 1 heterocycles. The molecule has 1 spiro atoms. The van der Waals surface area contributed by atoms with E-state index in [2.05, 4.69) is 5.32 Å². The zero-order chi connectivity index (χ0) is 11.6. The molecule has 0 unspecified atom stereocenters. The average molecular weight is 229 g/mol. The van der Waals surface area contributed by atoms with Crippen LogP contribution in [0.1, 0.15) is 26.2 Å². The quantitative estimate of drug-likeness (QED) is 0.741. The van der Waals surface area contributed by atoms with Crippen LogP contribution in [-0.4, -0.2) is 42.7 Å². The molecule has 0 radical (unpaired) electrons. The molecule has 2 aliphatic rings. The molecule has 0 amide bonds.